The lowest BCUT2D eigenvalue weighted by Gasteiger charge is -2.40. The summed E-state index contributed by atoms with van der Waals surface area (Å²) in [7, 11) is 0. The van der Waals surface area contributed by atoms with Gasteiger partial charge in [0, 0.05) is 18.0 Å². The fourth-order valence-electron chi connectivity index (χ4n) is 4.19. The van der Waals surface area contributed by atoms with E-state index < -0.39 is 84.7 Å². The van der Waals surface area contributed by atoms with Crippen molar-refractivity contribution in [1.29, 1.82) is 0 Å². The zero-order valence-electron chi connectivity index (χ0n) is 28.7. The monoisotopic (exact) mass is 916 g/mol. The van der Waals surface area contributed by atoms with E-state index >= 15 is 0 Å². The molecule has 1 aromatic heterocycles. The second-order valence-corrected chi connectivity index (χ2v) is 12.2. The van der Waals surface area contributed by atoms with Gasteiger partial charge in [0.1, 0.15) is 5.75 Å². The van der Waals surface area contributed by atoms with Gasteiger partial charge >= 0.3 is 66.1 Å². The molecule has 0 saturated heterocycles. The summed E-state index contributed by atoms with van der Waals surface area (Å²) in [5.41, 5.74) is 0.708. The maximum atomic E-state index is 14.2. The van der Waals surface area contributed by atoms with Crippen molar-refractivity contribution in [3.05, 3.63) is 42.2 Å². The number of halogens is 24. The number of ether oxygens (including phenoxy) is 3. The van der Waals surface area contributed by atoms with Crippen LogP contribution in [0.1, 0.15) is 44.6 Å². The van der Waals surface area contributed by atoms with Crippen molar-refractivity contribution in [3.8, 4) is 17.1 Å². The molecule has 0 bridgehead atoms. The standard InChI is InChI=1S/C30H24F24N2O3/c1-2-17(31)7-5-3-4-6-15-12-55-19(56-13-15)16-8-10-18(11-9-16)57-14-20(32,33)21(34,35)27(47,48)58-29(51,52)24(40,41)25(42,43)30(53,54)59-28(49,50)23(38,39)22(36,37)26(44,45)46/h8-13,17H,2-7,14H2,1H3/t17-/m0/s1. The lowest BCUT2D eigenvalue weighted by molar-refractivity contribution is -0.543. The highest BCUT2D eigenvalue weighted by Gasteiger charge is 2.90. The Labute approximate surface area is 314 Å². The van der Waals surface area contributed by atoms with Gasteiger partial charge in [0.2, 0.25) is 0 Å². The van der Waals surface area contributed by atoms with Crippen LogP contribution in [-0.2, 0) is 15.9 Å². The number of rotatable bonds is 22. The Morgan fingerprint density at radius 1 is 0.525 bits per heavy atom. The predicted molar refractivity (Wildman–Crippen MR) is 148 cm³/mol. The summed E-state index contributed by atoms with van der Waals surface area (Å²) in [6.07, 6.45) is -36.2. The summed E-state index contributed by atoms with van der Waals surface area (Å²) >= 11 is 0. The Morgan fingerprint density at radius 3 is 1.34 bits per heavy atom. The van der Waals surface area contributed by atoms with E-state index in [0.29, 0.717) is 56.2 Å². The van der Waals surface area contributed by atoms with Gasteiger partial charge in [-0.3, -0.25) is 0 Å². The van der Waals surface area contributed by atoms with Crippen molar-refractivity contribution in [2.24, 2.45) is 0 Å². The normalized spacial score (nSPS) is 15.4. The van der Waals surface area contributed by atoms with Crippen LogP contribution in [0.25, 0.3) is 11.4 Å². The SMILES string of the molecule is CC[C@H](F)CCCCCc1cnc(-c2ccc(OCC(F)(F)C(F)(F)C(F)(F)OC(F)(F)C(F)(F)C(F)(F)C(F)(F)OC(F)(F)C(F)(F)C(F)(F)C(F)(F)F)cc2)nc1. The summed E-state index contributed by atoms with van der Waals surface area (Å²) in [5, 5.41) is 0. The van der Waals surface area contributed by atoms with Gasteiger partial charge in [-0.1, -0.05) is 19.8 Å². The van der Waals surface area contributed by atoms with Crippen LogP contribution in [0.3, 0.4) is 0 Å². The van der Waals surface area contributed by atoms with Crippen molar-refractivity contribution in [1.82, 2.24) is 9.97 Å². The molecule has 29 heteroatoms. The number of nitrogens with zero attached hydrogens (tertiary/aromatic N) is 2. The van der Waals surface area contributed by atoms with Gasteiger partial charge in [0.25, 0.3) is 0 Å². The van der Waals surface area contributed by atoms with E-state index in [9.17, 15) is 105 Å². The molecule has 0 N–H and O–H groups in total. The molecule has 1 aromatic carbocycles. The maximum absolute atomic E-state index is 14.2. The Morgan fingerprint density at radius 2 is 0.932 bits per heavy atom. The van der Waals surface area contributed by atoms with Crippen LogP contribution in [-0.4, -0.2) is 88.9 Å². The molecular weight excluding hydrogens is 892 g/mol. The van der Waals surface area contributed by atoms with Crippen molar-refractivity contribution >= 4 is 0 Å². The van der Waals surface area contributed by atoms with Gasteiger partial charge in [-0.15, -0.1) is 0 Å². The molecule has 0 aliphatic heterocycles. The molecule has 0 saturated carbocycles. The van der Waals surface area contributed by atoms with Gasteiger partial charge in [0.05, 0.1) is 6.17 Å². The molecule has 2 aromatic rings. The Bertz CT molecular complexity index is 1670. The highest BCUT2D eigenvalue weighted by molar-refractivity contribution is 5.55. The van der Waals surface area contributed by atoms with E-state index in [4.69, 9.17) is 0 Å². The van der Waals surface area contributed by atoms with Gasteiger partial charge in [-0.25, -0.2) is 23.8 Å². The minimum atomic E-state index is -8.83. The minimum absolute atomic E-state index is 0.0422. The zero-order valence-corrected chi connectivity index (χ0v) is 28.7. The fourth-order valence-corrected chi connectivity index (χ4v) is 4.19. The van der Waals surface area contributed by atoms with Gasteiger partial charge in [-0.2, -0.15) is 101 Å². The van der Waals surface area contributed by atoms with Crippen LogP contribution in [0.5, 0.6) is 5.75 Å². The first-order chi connectivity index (χ1) is 26.3. The van der Waals surface area contributed by atoms with Crippen molar-refractivity contribution in [2.45, 2.75) is 118 Å². The van der Waals surface area contributed by atoms with E-state index in [0.717, 1.165) is 16.9 Å². The molecule has 340 valence electrons. The average Bonchev–Trinajstić information content (AvgIpc) is 3.09. The zero-order chi connectivity index (χ0) is 46.1. The molecule has 1 atom stereocenters. The van der Waals surface area contributed by atoms with Gasteiger partial charge in [-0.05, 0) is 55.5 Å². The van der Waals surface area contributed by atoms with Crippen LogP contribution < -0.4 is 4.74 Å². The van der Waals surface area contributed by atoms with Crippen molar-refractivity contribution in [2.75, 3.05) is 6.61 Å². The molecule has 1 heterocycles. The van der Waals surface area contributed by atoms with Crippen LogP contribution in [0, 0.1) is 0 Å². The number of aromatic nitrogens is 2. The Kier molecular flexibility index (Phi) is 14.8. The number of benzene rings is 1. The van der Waals surface area contributed by atoms with Crippen LogP contribution >= 0.6 is 0 Å². The lowest BCUT2D eigenvalue weighted by atomic mass is 10.1. The fraction of sp³-hybridized carbons (Fsp3) is 0.667. The number of unbranched alkanes of at least 4 members (excludes halogenated alkanes) is 2. The summed E-state index contributed by atoms with van der Waals surface area (Å²) in [4.78, 5) is 8.03. The van der Waals surface area contributed by atoms with Crippen LogP contribution in [0.2, 0.25) is 0 Å². The third kappa shape index (κ3) is 10.3. The predicted octanol–water partition coefficient (Wildman–Crippen LogP) is 12.2. The molecule has 5 nitrogen and oxygen atoms in total. The van der Waals surface area contributed by atoms with E-state index in [-0.39, 0.29) is 11.4 Å². The summed E-state index contributed by atoms with van der Waals surface area (Å²) in [5.74, 6) is -49.5. The highest BCUT2D eigenvalue weighted by atomic mass is 19.4. The second-order valence-electron chi connectivity index (χ2n) is 12.2. The van der Waals surface area contributed by atoms with Crippen molar-refractivity contribution in [3.63, 3.8) is 0 Å². The third-order valence-electron chi connectivity index (χ3n) is 7.74. The Balaban J connectivity index is 2.20. The number of alkyl halides is 24. The first-order valence-electron chi connectivity index (χ1n) is 15.7. The minimum Gasteiger partial charge on any atom is -0.487 e. The molecular formula is C30H24F24N2O3. The summed E-state index contributed by atoms with van der Waals surface area (Å²) < 4.78 is 330. The molecule has 0 fully saturated rings. The quantitative estimate of drug-likeness (QED) is 0.0870. The number of hydrogen-bond acceptors (Lipinski definition) is 5. The van der Waals surface area contributed by atoms with Crippen LogP contribution in [0.4, 0.5) is 105 Å². The second kappa shape index (κ2) is 17.0. The molecule has 0 aliphatic rings. The third-order valence-corrected chi connectivity index (χ3v) is 7.74. The molecule has 2 rings (SSSR count). The molecule has 0 aliphatic carbocycles. The summed E-state index contributed by atoms with van der Waals surface area (Å²) in [6, 6.07) is 3.26. The van der Waals surface area contributed by atoms with E-state index in [1.807, 2.05) is 0 Å². The molecule has 0 amide bonds. The highest BCUT2D eigenvalue weighted by Crippen LogP contribution is 2.60. The summed E-state index contributed by atoms with van der Waals surface area (Å²) in [6.45, 7) is -1.35. The lowest BCUT2D eigenvalue weighted by Crippen LogP contribution is -2.69. The van der Waals surface area contributed by atoms with Crippen LogP contribution in [0.15, 0.2) is 36.7 Å². The van der Waals surface area contributed by atoms with E-state index in [2.05, 4.69) is 14.7 Å². The first-order valence-corrected chi connectivity index (χ1v) is 15.7. The molecule has 0 unspecified atom stereocenters. The van der Waals surface area contributed by atoms with Crippen molar-refractivity contribution < 1.29 is 120 Å². The van der Waals surface area contributed by atoms with E-state index in [1.165, 1.54) is 17.1 Å². The van der Waals surface area contributed by atoms with E-state index in [1.54, 1.807) is 6.92 Å². The smallest absolute Gasteiger partial charge is 0.460 e. The number of aryl methyl sites for hydroxylation is 1. The molecule has 59 heavy (non-hydrogen) atoms. The Hall–Kier alpha value is -3.66. The topological polar surface area (TPSA) is 53.5 Å². The average molecular weight is 916 g/mol. The maximum Gasteiger partial charge on any atom is 0.460 e. The molecule has 0 spiro atoms. The first kappa shape index (κ1) is 51.5. The molecule has 0 radical (unpaired) electrons. The van der Waals surface area contributed by atoms with Gasteiger partial charge in [0.15, 0.2) is 12.4 Å². The van der Waals surface area contributed by atoms with Gasteiger partial charge < -0.3 is 4.74 Å². The largest absolute Gasteiger partial charge is 0.487 e. The number of hydrogen-bond donors (Lipinski definition) is 0.